The summed E-state index contributed by atoms with van der Waals surface area (Å²) in [5, 5.41) is 19.7. The van der Waals surface area contributed by atoms with Crippen molar-refractivity contribution >= 4 is 23.6 Å². The Morgan fingerprint density at radius 2 is 2.20 bits per heavy atom. The summed E-state index contributed by atoms with van der Waals surface area (Å²) in [5.74, 6) is -0.0328. The third kappa shape index (κ3) is 5.57. The number of carbonyl (C=O) groups excluding carboxylic acids is 1. The number of aromatic nitrogens is 3. The number of carbonyl (C=O) groups is 2. The van der Waals surface area contributed by atoms with E-state index in [0.29, 0.717) is 31.2 Å². The van der Waals surface area contributed by atoms with Crippen LogP contribution in [0.1, 0.15) is 18.7 Å². The summed E-state index contributed by atoms with van der Waals surface area (Å²) in [5.41, 5.74) is 5.51. The minimum atomic E-state index is -0.862. The van der Waals surface area contributed by atoms with Crippen LogP contribution in [0.3, 0.4) is 0 Å². The molecule has 4 N–H and O–H groups in total. The highest BCUT2D eigenvalue weighted by Gasteiger charge is 2.11. The molecule has 8 nitrogen and oxygen atoms in total. The Bertz CT molecular complexity index is 463. The van der Waals surface area contributed by atoms with Crippen LogP contribution in [-0.4, -0.2) is 50.6 Å². The molecule has 1 heterocycles. The lowest BCUT2D eigenvalue weighted by molar-refractivity contribution is -0.137. The molecule has 20 heavy (non-hydrogen) atoms. The van der Waals surface area contributed by atoms with Gasteiger partial charge in [0, 0.05) is 26.1 Å². The van der Waals surface area contributed by atoms with Gasteiger partial charge in [-0.2, -0.15) is 0 Å². The van der Waals surface area contributed by atoms with Crippen LogP contribution in [0.5, 0.6) is 0 Å². The first-order valence-corrected chi connectivity index (χ1v) is 7.24. The van der Waals surface area contributed by atoms with Crippen LogP contribution in [0.4, 0.5) is 0 Å². The van der Waals surface area contributed by atoms with Gasteiger partial charge in [-0.05, 0) is 13.3 Å². The molecule has 1 rings (SSSR count). The van der Waals surface area contributed by atoms with Crippen molar-refractivity contribution in [3.8, 4) is 0 Å². The van der Waals surface area contributed by atoms with Crippen molar-refractivity contribution in [3.05, 3.63) is 5.82 Å². The van der Waals surface area contributed by atoms with E-state index in [0.717, 1.165) is 5.82 Å². The number of thioether (sulfide) groups is 1. The maximum Gasteiger partial charge on any atom is 0.303 e. The van der Waals surface area contributed by atoms with Gasteiger partial charge in [-0.15, -0.1) is 10.2 Å². The number of hydrogen-bond acceptors (Lipinski definition) is 6. The Morgan fingerprint density at radius 1 is 1.45 bits per heavy atom. The molecule has 0 aromatic carbocycles. The molecule has 0 bridgehead atoms. The van der Waals surface area contributed by atoms with Gasteiger partial charge in [0.25, 0.3) is 0 Å². The fourth-order valence-electron chi connectivity index (χ4n) is 1.50. The largest absolute Gasteiger partial charge is 0.481 e. The monoisotopic (exact) mass is 301 g/mol. The molecular formula is C11H19N5O3S. The summed E-state index contributed by atoms with van der Waals surface area (Å²) in [6.45, 7) is 3.29. The highest BCUT2D eigenvalue weighted by Crippen LogP contribution is 2.15. The van der Waals surface area contributed by atoms with Crippen molar-refractivity contribution in [2.24, 2.45) is 5.73 Å². The molecule has 1 amide bonds. The summed E-state index contributed by atoms with van der Waals surface area (Å²) >= 11 is 1.29. The van der Waals surface area contributed by atoms with Gasteiger partial charge in [0.05, 0.1) is 5.75 Å². The number of amides is 1. The number of hydrogen-bond donors (Lipinski definition) is 3. The summed E-state index contributed by atoms with van der Waals surface area (Å²) < 4.78 is 1.86. The predicted octanol–water partition coefficient (Wildman–Crippen LogP) is -0.382. The Labute approximate surface area is 121 Å². The van der Waals surface area contributed by atoms with Crippen molar-refractivity contribution in [2.75, 3.05) is 18.8 Å². The van der Waals surface area contributed by atoms with E-state index in [1.54, 1.807) is 0 Å². The van der Waals surface area contributed by atoms with Crippen molar-refractivity contribution in [1.29, 1.82) is 0 Å². The van der Waals surface area contributed by atoms with Crippen LogP contribution in [0, 0.1) is 6.92 Å². The molecule has 0 fully saturated rings. The number of rotatable bonds is 9. The van der Waals surface area contributed by atoms with Gasteiger partial charge < -0.3 is 20.7 Å². The van der Waals surface area contributed by atoms with Gasteiger partial charge >= 0.3 is 5.97 Å². The first-order chi connectivity index (χ1) is 9.54. The van der Waals surface area contributed by atoms with E-state index in [-0.39, 0.29) is 18.1 Å². The summed E-state index contributed by atoms with van der Waals surface area (Å²) in [4.78, 5) is 21.9. The molecule has 0 atom stereocenters. The zero-order chi connectivity index (χ0) is 15.0. The van der Waals surface area contributed by atoms with Crippen LogP contribution < -0.4 is 11.1 Å². The molecule has 0 saturated heterocycles. The summed E-state index contributed by atoms with van der Waals surface area (Å²) in [7, 11) is 0. The Hall–Kier alpha value is -1.61. The molecular weight excluding hydrogens is 282 g/mol. The summed E-state index contributed by atoms with van der Waals surface area (Å²) in [6.07, 6.45) is 0.478. The Balaban J connectivity index is 2.32. The zero-order valence-electron chi connectivity index (χ0n) is 11.3. The van der Waals surface area contributed by atoms with Gasteiger partial charge in [0.1, 0.15) is 5.82 Å². The van der Waals surface area contributed by atoms with Crippen molar-refractivity contribution in [2.45, 2.75) is 31.5 Å². The lowest BCUT2D eigenvalue weighted by Crippen LogP contribution is -2.26. The molecule has 0 aliphatic heterocycles. The molecule has 0 aliphatic carbocycles. The first kappa shape index (κ1) is 16.4. The van der Waals surface area contributed by atoms with Gasteiger partial charge in [0.2, 0.25) is 5.91 Å². The van der Waals surface area contributed by atoms with Crippen LogP contribution in [0.15, 0.2) is 5.16 Å². The highest BCUT2D eigenvalue weighted by molar-refractivity contribution is 7.99. The third-order valence-corrected chi connectivity index (χ3v) is 3.44. The number of carboxylic acid groups (broad SMARTS) is 1. The normalized spacial score (nSPS) is 10.5. The number of nitrogens with zero attached hydrogens (tertiary/aromatic N) is 3. The molecule has 0 aliphatic rings. The second-order valence-electron chi connectivity index (χ2n) is 4.11. The van der Waals surface area contributed by atoms with Gasteiger partial charge in [0.15, 0.2) is 5.16 Å². The van der Waals surface area contributed by atoms with Crippen LogP contribution >= 0.6 is 11.8 Å². The van der Waals surface area contributed by atoms with Crippen LogP contribution in [0.25, 0.3) is 0 Å². The topological polar surface area (TPSA) is 123 Å². The molecule has 112 valence electrons. The number of carboxylic acids is 1. The first-order valence-electron chi connectivity index (χ1n) is 6.25. The van der Waals surface area contributed by atoms with Gasteiger partial charge in [-0.25, -0.2) is 0 Å². The molecule has 1 aromatic rings. The molecule has 0 radical (unpaired) electrons. The van der Waals surface area contributed by atoms with Crippen molar-refractivity contribution in [1.82, 2.24) is 20.1 Å². The number of aryl methyl sites for hydroxylation is 1. The highest BCUT2D eigenvalue weighted by atomic mass is 32.2. The smallest absolute Gasteiger partial charge is 0.303 e. The van der Waals surface area contributed by atoms with E-state index in [2.05, 4.69) is 15.5 Å². The molecule has 1 aromatic heterocycles. The maximum atomic E-state index is 11.6. The number of aliphatic carboxylic acids is 1. The average molecular weight is 301 g/mol. The second-order valence-corrected chi connectivity index (χ2v) is 5.05. The number of nitrogens with two attached hydrogens (primary N) is 1. The Kier molecular flexibility index (Phi) is 7.02. The van der Waals surface area contributed by atoms with E-state index in [4.69, 9.17) is 10.8 Å². The van der Waals surface area contributed by atoms with Crippen LogP contribution in [-0.2, 0) is 16.1 Å². The predicted molar refractivity (Wildman–Crippen MR) is 74.4 cm³/mol. The minimum Gasteiger partial charge on any atom is -0.481 e. The van der Waals surface area contributed by atoms with E-state index < -0.39 is 5.97 Å². The quantitative estimate of drug-likeness (QED) is 0.419. The van der Waals surface area contributed by atoms with E-state index in [1.807, 2.05) is 11.5 Å². The standard InChI is InChI=1S/C11H19N5O3S/c1-8-14-15-11(16(8)6-4-12)20-7-9(17)13-5-2-3-10(18)19/h2-7,12H2,1H3,(H,13,17)(H,18,19). The molecule has 9 heteroatoms. The molecule has 0 saturated carbocycles. The fourth-order valence-corrected chi connectivity index (χ4v) is 2.34. The van der Waals surface area contributed by atoms with E-state index >= 15 is 0 Å². The zero-order valence-corrected chi connectivity index (χ0v) is 12.2. The summed E-state index contributed by atoms with van der Waals surface area (Å²) in [6, 6.07) is 0. The van der Waals surface area contributed by atoms with Crippen molar-refractivity contribution < 1.29 is 14.7 Å². The fraction of sp³-hybridized carbons (Fsp3) is 0.636. The Morgan fingerprint density at radius 3 is 2.85 bits per heavy atom. The van der Waals surface area contributed by atoms with Gasteiger partial charge in [-0.1, -0.05) is 11.8 Å². The lowest BCUT2D eigenvalue weighted by Gasteiger charge is -2.06. The molecule has 0 unspecified atom stereocenters. The van der Waals surface area contributed by atoms with E-state index in [9.17, 15) is 9.59 Å². The maximum absolute atomic E-state index is 11.6. The number of nitrogens with one attached hydrogen (secondary N) is 1. The minimum absolute atomic E-state index is 0.0530. The average Bonchev–Trinajstić information content (AvgIpc) is 2.74. The second kappa shape index (κ2) is 8.54. The van der Waals surface area contributed by atoms with E-state index in [1.165, 1.54) is 11.8 Å². The third-order valence-electron chi connectivity index (χ3n) is 2.48. The molecule has 0 spiro atoms. The van der Waals surface area contributed by atoms with Crippen LogP contribution in [0.2, 0.25) is 0 Å². The van der Waals surface area contributed by atoms with Gasteiger partial charge in [-0.3, -0.25) is 9.59 Å². The SMILES string of the molecule is Cc1nnc(SCC(=O)NCCCC(=O)O)n1CCN. The van der Waals surface area contributed by atoms with Crippen molar-refractivity contribution in [3.63, 3.8) is 0 Å². The lowest BCUT2D eigenvalue weighted by atomic mass is 10.3.